The smallest absolute Gasteiger partial charge is 0.194 e. The number of hydrogen-bond acceptors (Lipinski definition) is 4. The van der Waals surface area contributed by atoms with Crippen LogP contribution in [0.1, 0.15) is 52.9 Å². The van der Waals surface area contributed by atoms with E-state index < -0.39 is 5.60 Å². The Balaban J connectivity index is 0.00000576. The molecule has 0 spiro atoms. The van der Waals surface area contributed by atoms with Crippen LogP contribution in [0.25, 0.3) is 0 Å². The summed E-state index contributed by atoms with van der Waals surface area (Å²) in [6, 6.07) is 0. The summed E-state index contributed by atoms with van der Waals surface area (Å²) < 4.78 is 11.0. The molecule has 0 aromatic rings. The van der Waals surface area contributed by atoms with Crippen LogP contribution in [0.5, 0.6) is 0 Å². The van der Waals surface area contributed by atoms with Crippen LogP contribution < -0.4 is 5.32 Å². The zero-order valence-electron chi connectivity index (χ0n) is 16.4. The molecular formula is C18H38IN3O3. The van der Waals surface area contributed by atoms with Crippen LogP contribution in [0.15, 0.2) is 4.99 Å². The molecule has 0 atom stereocenters. The predicted molar refractivity (Wildman–Crippen MR) is 114 cm³/mol. The maximum Gasteiger partial charge on any atom is 0.194 e. The molecule has 0 radical (unpaired) electrons. The minimum Gasteiger partial charge on any atom is -0.388 e. The lowest BCUT2D eigenvalue weighted by Gasteiger charge is -2.34. The topological polar surface area (TPSA) is 66.3 Å². The Morgan fingerprint density at radius 1 is 1.20 bits per heavy atom. The highest BCUT2D eigenvalue weighted by Crippen LogP contribution is 2.17. The molecule has 1 rings (SSSR count). The molecule has 6 nitrogen and oxygen atoms in total. The van der Waals surface area contributed by atoms with Crippen molar-refractivity contribution in [3.63, 3.8) is 0 Å². The summed E-state index contributed by atoms with van der Waals surface area (Å²) in [7, 11) is 1.72. The Bertz CT molecular complexity index is 357. The highest BCUT2D eigenvalue weighted by atomic mass is 127. The second-order valence-corrected chi connectivity index (χ2v) is 6.51. The monoisotopic (exact) mass is 471 g/mol. The average Bonchev–Trinajstić information content (AvgIpc) is 2.62. The first-order valence-electron chi connectivity index (χ1n) is 9.44. The van der Waals surface area contributed by atoms with Gasteiger partial charge in [-0.25, -0.2) is 0 Å². The third-order valence-electron chi connectivity index (χ3n) is 4.76. The third kappa shape index (κ3) is 9.40. The van der Waals surface area contributed by atoms with E-state index in [0.29, 0.717) is 12.6 Å². The second-order valence-electron chi connectivity index (χ2n) is 6.51. The Morgan fingerprint density at radius 3 is 2.36 bits per heavy atom. The molecule has 1 aliphatic heterocycles. The van der Waals surface area contributed by atoms with E-state index in [1.165, 1.54) is 0 Å². The molecule has 0 aromatic carbocycles. The van der Waals surface area contributed by atoms with Gasteiger partial charge in [0.15, 0.2) is 5.96 Å². The van der Waals surface area contributed by atoms with Crippen LogP contribution in [0.2, 0.25) is 0 Å². The van der Waals surface area contributed by atoms with E-state index >= 15 is 0 Å². The summed E-state index contributed by atoms with van der Waals surface area (Å²) in [5.41, 5.74) is -0.691. The number of hydrogen-bond donors (Lipinski definition) is 2. The van der Waals surface area contributed by atoms with Crippen LogP contribution in [0.4, 0.5) is 0 Å². The first-order valence-corrected chi connectivity index (χ1v) is 9.44. The molecule has 150 valence electrons. The maximum absolute atomic E-state index is 10.4. The molecular weight excluding hydrogens is 433 g/mol. The molecule has 0 saturated carbocycles. The van der Waals surface area contributed by atoms with Crippen molar-refractivity contribution in [1.29, 1.82) is 0 Å². The lowest BCUT2D eigenvalue weighted by atomic mass is 9.98. The summed E-state index contributed by atoms with van der Waals surface area (Å²) in [5.74, 6) is 0.913. The largest absolute Gasteiger partial charge is 0.388 e. The van der Waals surface area contributed by atoms with E-state index in [1.54, 1.807) is 7.11 Å². The van der Waals surface area contributed by atoms with Crippen LogP contribution in [-0.4, -0.2) is 74.2 Å². The fourth-order valence-electron chi connectivity index (χ4n) is 2.81. The van der Waals surface area contributed by atoms with Crippen LogP contribution in [0.3, 0.4) is 0 Å². The van der Waals surface area contributed by atoms with Crippen molar-refractivity contribution in [2.75, 3.05) is 46.5 Å². The predicted octanol–water partition coefficient (Wildman–Crippen LogP) is 2.64. The van der Waals surface area contributed by atoms with Crippen molar-refractivity contribution >= 4 is 29.9 Å². The second kappa shape index (κ2) is 14.0. The number of likely N-dealkylation sites (tertiary alicyclic amines) is 1. The number of halogens is 1. The number of nitrogens with one attached hydrogen (secondary N) is 1. The number of guanidine groups is 1. The normalized spacial score (nSPS) is 16.7. The molecule has 1 fully saturated rings. The van der Waals surface area contributed by atoms with Crippen molar-refractivity contribution in [1.82, 2.24) is 10.2 Å². The van der Waals surface area contributed by atoms with Crippen LogP contribution in [-0.2, 0) is 9.47 Å². The SMILES string of the molecule is CCNC(=NCC(O)(CC)CC)N1CCC(OCCCOC)CC1.I. The van der Waals surface area contributed by atoms with Gasteiger partial charge >= 0.3 is 0 Å². The Morgan fingerprint density at radius 2 is 1.84 bits per heavy atom. The Kier molecular flexibility index (Phi) is 13.9. The van der Waals surface area contributed by atoms with E-state index in [2.05, 4.69) is 22.1 Å². The van der Waals surface area contributed by atoms with E-state index in [4.69, 9.17) is 9.47 Å². The zero-order chi connectivity index (χ0) is 17.8. The van der Waals surface area contributed by atoms with Gasteiger partial charge in [-0.1, -0.05) is 13.8 Å². The first kappa shape index (κ1) is 24.9. The third-order valence-corrected chi connectivity index (χ3v) is 4.76. The molecule has 1 saturated heterocycles. The van der Waals surface area contributed by atoms with Gasteiger partial charge in [0.25, 0.3) is 0 Å². The summed E-state index contributed by atoms with van der Waals surface area (Å²) in [4.78, 5) is 6.97. The van der Waals surface area contributed by atoms with Crippen molar-refractivity contribution in [3.05, 3.63) is 0 Å². The number of methoxy groups -OCH3 is 1. The molecule has 25 heavy (non-hydrogen) atoms. The first-order chi connectivity index (χ1) is 11.6. The lowest BCUT2D eigenvalue weighted by Crippen LogP contribution is -2.47. The van der Waals surface area contributed by atoms with E-state index in [0.717, 1.165) is 70.9 Å². The van der Waals surface area contributed by atoms with E-state index in [-0.39, 0.29) is 24.0 Å². The Labute approximate surface area is 170 Å². The van der Waals surface area contributed by atoms with Crippen LogP contribution >= 0.6 is 24.0 Å². The molecule has 0 bridgehead atoms. The van der Waals surface area contributed by atoms with Gasteiger partial charge < -0.3 is 24.8 Å². The van der Waals surface area contributed by atoms with Crippen molar-refractivity contribution in [2.24, 2.45) is 4.99 Å². The van der Waals surface area contributed by atoms with Crippen molar-refractivity contribution in [3.8, 4) is 0 Å². The van der Waals surface area contributed by atoms with Gasteiger partial charge in [0.2, 0.25) is 0 Å². The van der Waals surface area contributed by atoms with Gasteiger partial charge in [-0.2, -0.15) is 0 Å². The lowest BCUT2D eigenvalue weighted by molar-refractivity contribution is 0.00956. The quantitative estimate of drug-likeness (QED) is 0.222. The van der Waals surface area contributed by atoms with E-state index in [9.17, 15) is 5.11 Å². The average molecular weight is 471 g/mol. The summed E-state index contributed by atoms with van der Waals surface area (Å²) in [5, 5.41) is 13.8. The van der Waals surface area contributed by atoms with Crippen molar-refractivity contribution < 1.29 is 14.6 Å². The standard InChI is InChI=1S/C18H37N3O3.HI/c1-5-18(22,6-2)15-20-17(19-7-3)21-11-9-16(10-12-21)24-14-8-13-23-4;/h16,22H,5-15H2,1-4H3,(H,19,20);1H. The molecule has 7 heteroatoms. The minimum atomic E-state index is -0.691. The molecule has 0 aliphatic carbocycles. The van der Waals surface area contributed by atoms with Gasteiger partial charge in [0.05, 0.1) is 18.2 Å². The van der Waals surface area contributed by atoms with Gasteiger partial charge in [-0.05, 0) is 39.0 Å². The molecule has 0 aromatic heterocycles. The summed E-state index contributed by atoms with van der Waals surface area (Å²) in [6.45, 7) is 10.8. The number of rotatable bonds is 10. The van der Waals surface area contributed by atoms with E-state index in [1.807, 2.05) is 13.8 Å². The number of piperidine rings is 1. The molecule has 0 unspecified atom stereocenters. The zero-order valence-corrected chi connectivity index (χ0v) is 18.8. The number of aliphatic hydroxyl groups is 1. The van der Waals surface area contributed by atoms with Crippen LogP contribution in [0, 0.1) is 0 Å². The van der Waals surface area contributed by atoms with Gasteiger partial charge in [0, 0.05) is 40.0 Å². The molecule has 1 aliphatic rings. The number of nitrogens with zero attached hydrogens (tertiary/aromatic N) is 2. The minimum absolute atomic E-state index is 0. The highest BCUT2D eigenvalue weighted by Gasteiger charge is 2.25. The summed E-state index contributed by atoms with van der Waals surface area (Å²) >= 11 is 0. The molecule has 1 heterocycles. The highest BCUT2D eigenvalue weighted by molar-refractivity contribution is 14.0. The molecule has 2 N–H and O–H groups in total. The Hall–Kier alpha value is -0.120. The number of aliphatic imine (C=N–C) groups is 1. The summed E-state index contributed by atoms with van der Waals surface area (Å²) in [6.07, 6.45) is 4.78. The molecule has 0 amide bonds. The van der Waals surface area contributed by atoms with Gasteiger partial charge in [-0.15, -0.1) is 24.0 Å². The van der Waals surface area contributed by atoms with Gasteiger partial charge in [0.1, 0.15) is 0 Å². The van der Waals surface area contributed by atoms with Gasteiger partial charge in [-0.3, -0.25) is 4.99 Å². The fourth-order valence-corrected chi connectivity index (χ4v) is 2.81. The van der Waals surface area contributed by atoms with Crippen molar-refractivity contribution in [2.45, 2.75) is 64.6 Å². The number of ether oxygens (including phenoxy) is 2. The maximum atomic E-state index is 10.4. The fraction of sp³-hybridized carbons (Fsp3) is 0.944.